The molecule has 150 valence electrons. The highest BCUT2D eigenvalue weighted by Gasteiger charge is 2.30. The number of hydrogen-bond donors (Lipinski definition) is 1. The van der Waals surface area contributed by atoms with E-state index in [2.05, 4.69) is 10.2 Å². The minimum Gasteiger partial charge on any atom is -0.494 e. The number of hydrogen-bond acceptors (Lipinski definition) is 4. The lowest BCUT2D eigenvalue weighted by molar-refractivity contribution is -0.135. The zero-order valence-corrected chi connectivity index (χ0v) is 16.8. The predicted molar refractivity (Wildman–Crippen MR) is 106 cm³/mol. The Balaban J connectivity index is 1.53. The molecule has 3 rings (SSSR count). The lowest BCUT2D eigenvalue weighted by Gasteiger charge is -2.39. The fraction of sp³-hybridized carbons (Fsp3) is 0.476. The molecule has 1 aliphatic rings. The van der Waals surface area contributed by atoms with Crippen LogP contribution in [0, 0.1) is 6.92 Å². The molecule has 2 heterocycles. The van der Waals surface area contributed by atoms with Crippen molar-refractivity contribution in [3.8, 4) is 5.75 Å². The van der Waals surface area contributed by atoms with Gasteiger partial charge in [0.05, 0.1) is 6.61 Å². The van der Waals surface area contributed by atoms with E-state index in [0.29, 0.717) is 44.8 Å². The number of aryl methyl sites for hydroxylation is 2. The molecule has 2 amide bonds. The van der Waals surface area contributed by atoms with Crippen LogP contribution in [0.3, 0.4) is 0 Å². The van der Waals surface area contributed by atoms with Gasteiger partial charge in [0.2, 0.25) is 5.91 Å². The van der Waals surface area contributed by atoms with E-state index in [-0.39, 0.29) is 17.9 Å². The quantitative estimate of drug-likeness (QED) is 0.830. The number of carbonyl (C=O) groups is 2. The van der Waals surface area contributed by atoms with Crippen molar-refractivity contribution in [1.29, 1.82) is 0 Å². The summed E-state index contributed by atoms with van der Waals surface area (Å²) in [6.45, 7) is 8.04. The van der Waals surface area contributed by atoms with Crippen LogP contribution in [0.1, 0.15) is 42.0 Å². The second-order valence-corrected chi connectivity index (χ2v) is 7.20. The van der Waals surface area contributed by atoms with Crippen molar-refractivity contribution in [3.63, 3.8) is 0 Å². The summed E-state index contributed by atoms with van der Waals surface area (Å²) in [5.41, 5.74) is 2.38. The molecule has 7 heteroatoms. The average Bonchev–Trinajstić information content (AvgIpc) is 3.12. The molecule has 1 fully saturated rings. The zero-order valence-electron chi connectivity index (χ0n) is 16.8. The maximum absolute atomic E-state index is 12.7. The average molecular weight is 384 g/mol. The summed E-state index contributed by atoms with van der Waals surface area (Å²) in [4.78, 5) is 28.9. The molecule has 0 saturated carbocycles. The summed E-state index contributed by atoms with van der Waals surface area (Å²) in [5, 5.41) is 6.85. The van der Waals surface area contributed by atoms with Crippen LogP contribution in [0.5, 0.6) is 5.75 Å². The molecular weight excluding hydrogens is 356 g/mol. The molecule has 0 spiro atoms. The van der Waals surface area contributed by atoms with Gasteiger partial charge in [0.15, 0.2) is 0 Å². The van der Waals surface area contributed by atoms with Crippen molar-refractivity contribution >= 4 is 11.8 Å². The number of carbonyl (C=O) groups excluding carboxylic acids is 2. The number of nitrogens with zero attached hydrogens (tertiary/aromatic N) is 3. The van der Waals surface area contributed by atoms with Gasteiger partial charge in [0, 0.05) is 37.8 Å². The fourth-order valence-electron chi connectivity index (χ4n) is 3.55. The van der Waals surface area contributed by atoms with Crippen LogP contribution in [-0.4, -0.2) is 64.1 Å². The van der Waals surface area contributed by atoms with Gasteiger partial charge in [-0.2, -0.15) is 5.10 Å². The van der Waals surface area contributed by atoms with E-state index in [1.165, 1.54) is 0 Å². The molecule has 0 radical (unpaired) electrons. The summed E-state index contributed by atoms with van der Waals surface area (Å²) in [7, 11) is 0. The summed E-state index contributed by atoms with van der Waals surface area (Å²) in [6, 6.07) is 9.62. The van der Waals surface area contributed by atoms with Crippen LogP contribution >= 0.6 is 0 Å². The first kappa shape index (κ1) is 19.9. The van der Waals surface area contributed by atoms with Crippen LogP contribution < -0.4 is 4.74 Å². The lowest BCUT2D eigenvalue weighted by Crippen LogP contribution is -2.55. The first-order chi connectivity index (χ1) is 13.5. The highest BCUT2D eigenvalue weighted by atomic mass is 16.5. The van der Waals surface area contributed by atoms with Gasteiger partial charge in [0.1, 0.15) is 11.4 Å². The van der Waals surface area contributed by atoms with E-state index in [1.807, 2.05) is 49.9 Å². The van der Waals surface area contributed by atoms with Gasteiger partial charge in [-0.15, -0.1) is 0 Å². The maximum atomic E-state index is 12.7. The first-order valence-electron chi connectivity index (χ1n) is 9.80. The third-order valence-corrected chi connectivity index (χ3v) is 5.00. The largest absolute Gasteiger partial charge is 0.494 e. The smallest absolute Gasteiger partial charge is 0.274 e. The summed E-state index contributed by atoms with van der Waals surface area (Å²) in [6.07, 6.45) is 1.13. The Kier molecular flexibility index (Phi) is 6.34. The van der Waals surface area contributed by atoms with E-state index >= 15 is 0 Å². The third kappa shape index (κ3) is 4.71. The van der Waals surface area contributed by atoms with Gasteiger partial charge < -0.3 is 14.5 Å². The van der Waals surface area contributed by atoms with Gasteiger partial charge in [-0.3, -0.25) is 14.7 Å². The van der Waals surface area contributed by atoms with E-state index in [4.69, 9.17) is 4.74 Å². The highest BCUT2D eigenvalue weighted by Crippen LogP contribution is 2.17. The van der Waals surface area contributed by atoms with Gasteiger partial charge in [-0.25, -0.2) is 0 Å². The normalized spacial score (nSPS) is 16.9. The Morgan fingerprint density at radius 2 is 2.11 bits per heavy atom. The first-order valence-corrected chi connectivity index (χ1v) is 9.80. The fourth-order valence-corrected chi connectivity index (χ4v) is 3.55. The number of H-pyrrole nitrogens is 1. The standard InChI is InChI=1S/C21H28N4O3/c1-4-28-18-7-5-6-17(13-18)8-9-20(26)25-11-10-24(14-16(25)3)21(27)19-12-15(2)22-23-19/h5-7,12-13,16H,4,8-11,14H2,1-3H3,(H,22,23)/t16-/m1/s1. The molecule has 28 heavy (non-hydrogen) atoms. The van der Waals surface area contributed by atoms with Crippen molar-refractivity contribution < 1.29 is 14.3 Å². The highest BCUT2D eigenvalue weighted by molar-refractivity contribution is 5.92. The number of aromatic nitrogens is 2. The topological polar surface area (TPSA) is 78.5 Å². The second kappa shape index (κ2) is 8.91. The van der Waals surface area contributed by atoms with Crippen LogP contribution in [0.2, 0.25) is 0 Å². The van der Waals surface area contributed by atoms with Gasteiger partial charge in [-0.05, 0) is 51.0 Å². The minimum atomic E-state index is -0.0870. The zero-order chi connectivity index (χ0) is 20.1. The Labute approximate surface area is 165 Å². The summed E-state index contributed by atoms with van der Waals surface area (Å²) in [5.74, 6) is 0.870. The molecular formula is C21H28N4O3. The van der Waals surface area contributed by atoms with Crippen molar-refractivity contribution in [3.05, 3.63) is 47.3 Å². The number of rotatable bonds is 6. The van der Waals surface area contributed by atoms with E-state index in [9.17, 15) is 9.59 Å². The van der Waals surface area contributed by atoms with Crippen molar-refractivity contribution in [1.82, 2.24) is 20.0 Å². The maximum Gasteiger partial charge on any atom is 0.274 e. The summed E-state index contributed by atoms with van der Waals surface area (Å²) < 4.78 is 5.52. The Bertz CT molecular complexity index is 833. The Morgan fingerprint density at radius 1 is 1.29 bits per heavy atom. The van der Waals surface area contributed by atoms with Crippen LogP contribution in [-0.2, 0) is 11.2 Å². The Hall–Kier alpha value is -2.83. The molecule has 1 atom stereocenters. The predicted octanol–water partition coefficient (Wildman–Crippen LogP) is 2.42. The van der Waals surface area contributed by atoms with Crippen LogP contribution in [0.15, 0.2) is 30.3 Å². The molecule has 2 aromatic rings. The van der Waals surface area contributed by atoms with Crippen molar-refractivity contribution in [2.75, 3.05) is 26.2 Å². The second-order valence-electron chi connectivity index (χ2n) is 7.20. The van der Waals surface area contributed by atoms with Gasteiger partial charge in [0.25, 0.3) is 5.91 Å². The van der Waals surface area contributed by atoms with E-state index < -0.39 is 0 Å². The number of amides is 2. The Morgan fingerprint density at radius 3 is 2.79 bits per heavy atom. The number of ether oxygens (including phenoxy) is 1. The van der Waals surface area contributed by atoms with Crippen LogP contribution in [0.4, 0.5) is 0 Å². The summed E-state index contributed by atoms with van der Waals surface area (Å²) >= 11 is 0. The number of aromatic amines is 1. The SMILES string of the molecule is CCOc1cccc(CCC(=O)N2CCN(C(=O)c3cc(C)[nH]n3)C[C@H]2C)c1. The molecule has 1 aliphatic heterocycles. The van der Waals surface area contributed by atoms with Crippen molar-refractivity contribution in [2.24, 2.45) is 0 Å². The van der Waals surface area contributed by atoms with E-state index in [0.717, 1.165) is 17.0 Å². The molecule has 0 unspecified atom stereocenters. The van der Waals surface area contributed by atoms with Crippen molar-refractivity contribution in [2.45, 2.75) is 39.7 Å². The molecule has 0 bridgehead atoms. The van der Waals surface area contributed by atoms with Crippen LogP contribution in [0.25, 0.3) is 0 Å². The molecule has 1 aromatic carbocycles. The molecule has 1 saturated heterocycles. The third-order valence-electron chi connectivity index (χ3n) is 5.00. The minimum absolute atomic E-state index is 0.0139. The van der Waals surface area contributed by atoms with E-state index in [1.54, 1.807) is 11.0 Å². The number of nitrogens with one attached hydrogen (secondary N) is 1. The molecule has 1 N–H and O–H groups in total. The van der Waals surface area contributed by atoms with Gasteiger partial charge >= 0.3 is 0 Å². The monoisotopic (exact) mass is 384 g/mol. The molecule has 1 aromatic heterocycles. The van der Waals surface area contributed by atoms with Gasteiger partial charge in [-0.1, -0.05) is 12.1 Å². The number of piperazine rings is 1. The lowest BCUT2D eigenvalue weighted by atomic mass is 10.1. The molecule has 0 aliphatic carbocycles. The molecule has 7 nitrogen and oxygen atoms in total. The number of benzene rings is 1.